The molecule has 1 N–H and O–H groups in total. The van der Waals surface area contributed by atoms with E-state index in [0.29, 0.717) is 18.1 Å². The lowest BCUT2D eigenvalue weighted by Crippen LogP contribution is -2.36. The molecule has 0 radical (unpaired) electrons. The predicted octanol–water partition coefficient (Wildman–Crippen LogP) is 2.14. The van der Waals surface area contributed by atoms with Crippen LogP contribution in [0.2, 0.25) is 0 Å². The van der Waals surface area contributed by atoms with Crippen LogP contribution in [-0.4, -0.2) is 63.0 Å². The average molecular weight is 286 g/mol. The van der Waals surface area contributed by atoms with Gasteiger partial charge >= 0.3 is 0 Å². The lowest BCUT2D eigenvalue weighted by molar-refractivity contribution is 0.0178. The molecule has 1 fully saturated rings. The molecule has 4 nitrogen and oxygen atoms in total. The van der Waals surface area contributed by atoms with Crippen molar-refractivity contribution in [1.82, 2.24) is 10.2 Å². The molecule has 2 unspecified atom stereocenters. The van der Waals surface area contributed by atoms with Gasteiger partial charge in [-0.05, 0) is 38.8 Å². The van der Waals surface area contributed by atoms with E-state index in [1.807, 2.05) is 6.92 Å². The number of ether oxygens (including phenoxy) is 2. The van der Waals surface area contributed by atoms with Gasteiger partial charge in [0.25, 0.3) is 0 Å². The average Bonchev–Trinajstić information content (AvgIpc) is 2.85. The van der Waals surface area contributed by atoms with Crippen molar-refractivity contribution in [3.05, 3.63) is 0 Å². The van der Waals surface area contributed by atoms with E-state index in [9.17, 15) is 0 Å². The largest absolute Gasteiger partial charge is 0.380 e. The van der Waals surface area contributed by atoms with Crippen molar-refractivity contribution in [1.29, 1.82) is 0 Å². The van der Waals surface area contributed by atoms with Crippen LogP contribution in [0.25, 0.3) is 0 Å². The minimum Gasteiger partial charge on any atom is -0.380 e. The number of hydrogen-bond acceptors (Lipinski definition) is 4. The third-order valence-electron chi connectivity index (χ3n) is 3.79. The van der Waals surface area contributed by atoms with Crippen LogP contribution in [0.1, 0.15) is 40.5 Å². The summed E-state index contributed by atoms with van der Waals surface area (Å²) in [7, 11) is 0. The molecule has 1 heterocycles. The van der Waals surface area contributed by atoms with Gasteiger partial charge in [-0.15, -0.1) is 0 Å². The van der Waals surface area contributed by atoms with Gasteiger partial charge in [0.05, 0.1) is 18.8 Å². The molecule has 0 spiro atoms. The summed E-state index contributed by atoms with van der Waals surface area (Å²) in [5, 5.41) is 3.50. The maximum atomic E-state index is 6.14. The molecule has 120 valence electrons. The second-order valence-electron chi connectivity index (χ2n) is 6.10. The SMILES string of the molecule is CCOCCN(CC)CC1CCC(CNCC(C)C)O1. The summed E-state index contributed by atoms with van der Waals surface area (Å²) < 4.78 is 11.6. The van der Waals surface area contributed by atoms with E-state index in [0.717, 1.165) is 45.9 Å². The zero-order valence-electron chi connectivity index (χ0n) is 13.9. The van der Waals surface area contributed by atoms with E-state index in [1.165, 1.54) is 12.8 Å². The van der Waals surface area contributed by atoms with Crippen molar-refractivity contribution in [2.24, 2.45) is 5.92 Å². The van der Waals surface area contributed by atoms with Crippen molar-refractivity contribution in [2.75, 3.05) is 45.9 Å². The minimum atomic E-state index is 0.405. The van der Waals surface area contributed by atoms with Gasteiger partial charge in [0.2, 0.25) is 0 Å². The molecule has 4 heteroatoms. The molecule has 0 bridgehead atoms. The van der Waals surface area contributed by atoms with Gasteiger partial charge in [0, 0.05) is 26.2 Å². The molecule has 20 heavy (non-hydrogen) atoms. The molecular weight excluding hydrogens is 252 g/mol. The fourth-order valence-corrected chi connectivity index (χ4v) is 2.60. The van der Waals surface area contributed by atoms with Gasteiger partial charge in [0.15, 0.2) is 0 Å². The molecule has 0 saturated carbocycles. The number of rotatable bonds is 11. The van der Waals surface area contributed by atoms with Gasteiger partial charge in [-0.1, -0.05) is 20.8 Å². The third-order valence-corrected chi connectivity index (χ3v) is 3.79. The third kappa shape index (κ3) is 7.58. The zero-order chi connectivity index (χ0) is 14.8. The lowest BCUT2D eigenvalue weighted by atomic mass is 10.1. The molecule has 1 rings (SSSR count). The molecule has 0 aliphatic carbocycles. The van der Waals surface area contributed by atoms with Crippen LogP contribution in [0, 0.1) is 5.92 Å². The highest BCUT2D eigenvalue weighted by molar-refractivity contribution is 4.78. The van der Waals surface area contributed by atoms with E-state index < -0.39 is 0 Å². The summed E-state index contributed by atoms with van der Waals surface area (Å²) in [6, 6.07) is 0. The summed E-state index contributed by atoms with van der Waals surface area (Å²) in [4.78, 5) is 2.43. The van der Waals surface area contributed by atoms with Crippen molar-refractivity contribution >= 4 is 0 Å². The fraction of sp³-hybridized carbons (Fsp3) is 1.00. The summed E-state index contributed by atoms with van der Waals surface area (Å²) in [5.74, 6) is 0.710. The van der Waals surface area contributed by atoms with Crippen molar-refractivity contribution in [3.8, 4) is 0 Å². The first-order chi connectivity index (χ1) is 9.65. The second kappa shape index (κ2) is 10.6. The molecular formula is C16H34N2O2. The van der Waals surface area contributed by atoms with Crippen LogP contribution in [0.3, 0.4) is 0 Å². The van der Waals surface area contributed by atoms with Crippen LogP contribution in [0.4, 0.5) is 0 Å². The van der Waals surface area contributed by atoms with Crippen LogP contribution in [-0.2, 0) is 9.47 Å². The molecule has 1 aliphatic rings. The Morgan fingerprint density at radius 1 is 1.25 bits per heavy atom. The van der Waals surface area contributed by atoms with E-state index in [-0.39, 0.29) is 0 Å². The van der Waals surface area contributed by atoms with E-state index in [2.05, 4.69) is 31.0 Å². The standard InChI is InChI=1S/C16H34N2O2/c1-5-18(9-10-19-6-2)13-16-8-7-15(20-16)12-17-11-14(3)4/h14-17H,5-13H2,1-4H3. The molecule has 0 aromatic carbocycles. The molecule has 1 saturated heterocycles. The van der Waals surface area contributed by atoms with Crippen LogP contribution < -0.4 is 5.32 Å². The second-order valence-corrected chi connectivity index (χ2v) is 6.10. The Bertz CT molecular complexity index is 237. The Kier molecular flexibility index (Phi) is 9.44. The highest BCUT2D eigenvalue weighted by Gasteiger charge is 2.26. The first kappa shape index (κ1) is 17.9. The number of nitrogens with zero attached hydrogens (tertiary/aromatic N) is 1. The van der Waals surface area contributed by atoms with E-state index >= 15 is 0 Å². The molecule has 0 aromatic heterocycles. The molecule has 0 amide bonds. The van der Waals surface area contributed by atoms with Gasteiger partial charge in [-0.2, -0.15) is 0 Å². The monoisotopic (exact) mass is 286 g/mol. The Balaban J connectivity index is 2.15. The van der Waals surface area contributed by atoms with Gasteiger partial charge in [0.1, 0.15) is 0 Å². The molecule has 1 aliphatic heterocycles. The first-order valence-corrected chi connectivity index (χ1v) is 8.31. The first-order valence-electron chi connectivity index (χ1n) is 8.31. The predicted molar refractivity (Wildman–Crippen MR) is 84.2 cm³/mol. The Morgan fingerprint density at radius 3 is 2.65 bits per heavy atom. The van der Waals surface area contributed by atoms with E-state index in [1.54, 1.807) is 0 Å². The maximum Gasteiger partial charge on any atom is 0.0707 e. The molecule has 2 atom stereocenters. The van der Waals surface area contributed by atoms with E-state index in [4.69, 9.17) is 9.47 Å². The number of likely N-dealkylation sites (N-methyl/N-ethyl adjacent to an activating group) is 1. The van der Waals surface area contributed by atoms with Crippen molar-refractivity contribution in [3.63, 3.8) is 0 Å². The highest BCUT2D eigenvalue weighted by atomic mass is 16.5. The zero-order valence-corrected chi connectivity index (χ0v) is 13.9. The fourth-order valence-electron chi connectivity index (χ4n) is 2.60. The summed E-state index contributed by atoms with van der Waals surface area (Å²) in [6.45, 7) is 15.6. The van der Waals surface area contributed by atoms with Gasteiger partial charge in [-0.3, -0.25) is 4.90 Å². The van der Waals surface area contributed by atoms with Crippen molar-refractivity contribution < 1.29 is 9.47 Å². The summed E-state index contributed by atoms with van der Waals surface area (Å²) in [5.41, 5.74) is 0. The van der Waals surface area contributed by atoms with Crippen LogP contribution in [0.15, 0.2) is 0 Å². The topological polar surface area (TPSA) is 33.7 Å². The Morgan fingerprint density at radius 2 is 2.00 bits per heavy atom. The highest BCUT2D eigenvalue weighted by Crippen LogP contribution is 2.20. The maximum absolute atomic E-state index is 6.14. The molecule has 0 aromatic rings. The Labute approximate surface area is 125 Å². The Hall–Kier alpha value is -0.160. The van der Waals surface area contributed by atoms with Crippen LogP contribution in [0.5, 0.6) is 0 Å². The number of hydrogen-bond donors (Lipinski definition) is 1. The quantitative estimate of drug-likeness (QED) is 0.590. The smallest absolute Gasteiger partial charge is 0.0707 e. The summed E-state index contributed by atoms with van der Waals surface area (Å²) in [6.07, 6.45) is 3.20. The minimum absolute atomic E-state index is 0.405. The lowest BCUT2D eigenvalue weighted by Gasteiger charge is -2.24. The summed E-state index contributed by atoms with van der Waals surface area (Å²) >= 11 is 0. The number of nitrogens with one attached hydrogen (secondary N) is 1. The normalized spacial score (nSPS) is 23.1. The van der Waals surface area contributed by atoms with Gasteiger partial charge in [-0.25, -0.2) is 0 Å². The van der Waals surface area contributed by atoms with Crippen LogP contribution >= 0.6 is 0 Å². The van der Waals surface area contributed by atoms with Crippen molar-refractivity contribution in [2.45, 2.75) is 52.7 Å². The van der Waals surface area contributed by atoms with Gasteiger partial charge < -0.3 is 14.8 Å².